The zero-order valence-electron chi connectivity index (χ0n) is 18.2. The number of hydrogen-bond donors (Lipinski definition) is 1. The number of hydrogen-bond acceptors (Lipinski definition) is 8. The molecule has 10 nitrogen and oxygen atoms in total. The molecule has 4 aromatic rings. The van der Waals surface area contributed by atoms with Gasteiger partial charge in [0.2, 0.25) is 5.91 Å². The van der Waals surface area contributed by atoms with Crippen molar-refractivity contribution in [2.75, 3.05) is 0 Å². The number of aryl methyl sites for hydroxylation is 1. The molecule has 4 rings (SSSR count). The Hall–Kier alpha value is -4.60. The van der Waals surface area contributed by atoms with Crippen LogP contribution in [-0.2, 0) is 11.3 Å². The summed E-state index contributed by atoms with van der Waals surface area (Å²) in [6.45, 7) is 7.63. The fourth-order valence-corrected chi connectivity index (χ4v) is 3.10. The van der Waals surface area contributed by atoms with Crippen LogP contribution in [0.25, 0.3) is 28.0 Å². The van der Waals surface area contributed by atoms with Gasteiger partial charge in [0, 0.05) is 41.6 Å². The maximum atomic E-state index is 12.7. The van der Waals surface area contributed by atoms with E-state index >= 15 is 0 Å². The monoisotopic (exact) mass is 439 g/mol. The van der Waals surface area contributed by atoms with Gasteiger partial charge < -0.3 is 9.88 Å². The van der Waals surface area contributed by atoms with Crippen molar-refractivity contribution in [3.8, 4) is 11.3 Å². The first-order valence-electron chi connectivity index (χ1n) is 10.1. The highest BCUT2D eigenvalue weighted by Crippen LogP contribution is 2.24. The van der Waals surface area contributed by atoms with Crippen molar-refractivity contribution in [2.45, 2.75) is 20.4 Å². The lowest BCUT2D eigenvalue weighted by Crippen LogP contribution is -2.26. The first-order valence-corrected chi connectivity index (χ1v) is 10.1. The number of aliphatic imine (C=N–C) groups is 1. The van der Waals surface area contributed by atoms with Crippen LogP contribution in [0.4, 0.5) is 0 Å². The first kappa shape index (κ1) is 21.6. The number of carbonyl (C=O) groups is 1. The van der Waals surface area contributed by atoms with Crippen LogP contribution < -0.4 is 5.32 Å². The smallest absolute Gasteiger partial charge is 0.245 e. The Kier molecular flexibility index (Phi) is 6.35. The lowest BCUT2D eigenvalue weighted by Gasteiger charge is -2.07. The van der Waals surface area contributed by atoms with E-state index in [2.05, 4.69) is 46.8 Å². The standard InChI is InChI=1S/C23H21N9O/c1-4-19(27-10-15(2)18-11-24-7-8-26-18)31-20(33)12-32-14-30-22-21(28-13-29-23(22)32)17-5-6-25-16(3)9-17/h4-11,13-14H,2,12H2,1,3H3,(H,31,33)/b19-4+,27-10?. The number of imidazole rings is 1. The molecule has 164 valence electrons. The third-order valence-electron chi connectivity index (χ3n) is 4.68. The number of rotatable bonds is 7. The van der Waals surface area contributed by atoms with E-state index in [-0.39, 0.29) is 12.5 Å². The van der Waals surface area contributed by atoms with Crippen LogP contribution in [0.1, 0.15) is 18.3 Å². The summed E-state index contributed by atoms with van der Waals surface area (Å²) in [7, 11) is 0. The highest BCUT2D eigenvalue weighted by molar-refractivity contribution is 6.08. The van der Waals surface area contributed by atoms with Gasteiger partial charge in [-0.25, -0.2) is 19.9 Å². The SMILES string of the molecule is C=C(C=N/C(=C\C)NC(=O)Cn1cnc2c(-c3ccnc(C)c3)ncnc21)c1cnccn1. The molecule has 33 heavy (non-hydrogen) atoms. The lowest BCUT2D eigenvalue weighted by atomic mass is 10.1. The average Bonchev–Trinajstić information content (AvgIpc) is 3.24. The number of nitrogens with zero attached hydrogens (tertiary/aromatic N) is 8. The van der Waals surface area contributed by atoms with Gasteiger partial charge in [-0.1, -0.05) is 6.58 Å². The molecule has 0 unspecified atom stereocenters. The molecule has 0 fully saturated rings. The Bertz CT molecular complexity index is 1370. The molecule has 0 radical (unpaired) electrons. The van der Waals surface area contributed by atoms with E-state index in [4.69, 9.17) is 0 Å². The van der Waals surface area contributed by atoms with E-state index in [1.807, 2.05) is 19.1 Å². The van der Waals surface area contributed by atoms with Crippen LogP contribution in [-0.4, -0.2) is 46.6 Å². The number of carbonyl (C=O) groups excluding carboxylic acids is 1. The van der Waals surface area contributed by atoms with Gasteiger partial charge in [-0.3, -0.25) is 19.7 Å². The zero-order chi connectivity index (χ0) is 23.2. The minimum atomic E-state index is -0.274. The Morgan fingerprint density at radius 3 is 2.82 bits per heavy atom. The van der Waals surface area contributed by atoms with Gasteiger partial charge in [0.25, 0.3) is 0 Å². The number of allylic oxidation sites excluding steroid dienone is 2. The number of nitrogens with one attached hydrogen (secondary N) is 1. The largest absolute Gasteiger partial charge is 0.309 e. The number of amides is 1. The van der Waals surface area contributed by atoms with E-state index in [0.717, 1.165) is 11.3 Å². The van der Waals surface area contributed by atoms with Crippen molar-refractivity contribution < 1.29 is 4.79 Å². The Morgan fingerprint density at radius 2 is 2.06 bits per heavy atom. The van der Waals surface area contributed by atoms with Gasteiger partial charge >= 0.3 is 0 Å². The second kappa shape index (κ2) is 9.69. The predicted octanol–water partition coefficient (Wildman–Crippen LogP) is 2.75. The molecule has 0 bridgehead atoms. The van der Waals surface area contributed by atoms with Crippen molar-refractivity contribution >= 4 is 28.9 Å². The van der Waals surface area contributed by atoms with Crippen molar-refractivity contribution in [1.82, 2.24) is 39.8 Å². The highest BCUT2D eigenvalue weighted by atomic mass is 16.2. The molecular weight excluding hydrogens is 418 g/mol. The molecule has 0 aliphatic rings. The fourth-order valence-electron chi connectivity index (χ4n) is 3.10. The minimum absolute atomic E-state index is 0.0142. The molecule has 4 aromatic heterocycles. The molecule has 0 saturated carbocycles. The van der Waals surface area contributed by atoms with Crippen molar-refractivity contribution in [3.63, 3.8) is 0 Å². The van der Waals surface area contributed by atoms with Gasteiger partial charge in [0.1, 0.15) is 29.9 Å². The molecule has 1 N–H and O–H groups in total. The fraction of sp³-hybridized carbons (Fsp3) is 0.130. The maximum Gasteiger partial charge on any atom is 0.245 e. The summed E-state index contributed by atoms with van der Waals surface area (Å²) in [6.07, 6.45) is 12.7. The number of fused-ring (bicyclic) bond motifs is 1. The van der Waals surface area contributed by atoms with Crippen LogP contribution in [0.3, 0.4) is 0 Å². The van der Waals surface area contributed by atoms with E-state index in [1.54, 1.807) is 48.7 Å². The van der Waals surface area contributed by atoms with E-state index in [0.29, 0.717) is 33.9 Å². The molecule has 10 heteroatoms. The molecule has 0 aromatic carbocycles. The summed E-state index contributed by atoms with van der Waals surface area (Å²) in [5, 5.41) is 2.78. The Labute approximate surface area is 189 Å². The molecule has 1 amide bonds. The summed E-state index contributed by atoms with van der Waals surface area (Å²) >= 11 is 0. The Balaban J connectivity index is 1.48. The summed E-state index contributed by atoms with van der Waals surface area (Å²) in [5.74, 6) is 0.113. The van der Waals surface area contributed by atoms with Crippen LogP contribution in [0.5, 0.6) is 0 Å². The van der Waals surface area contributed by atoms with Crippen molar-refractivity contribution in [3.05, 3.63) is 79.4 Å². The topological polar surface area (TPSA) is 124 Å². The molecule has 0 spiro atoms. The molecule has 0 saturated heterocycles. The summed E-state index contributed by atoms with van der Waals surface area (Å²) in [4.78, 5) is 42.5. The van der Waals surface area contributed by atoms with E-state index < -0.39 is 0 Å². The van der Waals surface area contributed by atoms with Gasteiger partial charge in [-0.05, 0) is 32.1 Å². The van der Waals surface area contributed by atoms with Gasteiger partial charge in [-0.15, -0.1) is 0 Å². The third kappa shape index (κ3) is 5.01. The van der Waals surface area contributed by atoms with Gasteiger partial charge in [-0.2, -0.15) is 0 Å². The molecule has 0 atom stereocenters. The molecule has 4 heterocycles. The van der Waals surface area contributed by atoms with Crippen molar-refractivity contribution in [1.29, 1.82) is 0 Å². The maximum absolute atomic E-state index is 12.7. The third-order valence-corrected chi connectivity index (χ3v) is 4.68. The van der Waals surface area contributed by atoms with Gasteiger partial charge in [0.05, 0.1) is 18.2 Å². The van der Waals surface area contributed by atoms with Gasteiger partial charge in [0.15, 0.2) is 5.65 Å². The molecular formula is C23H21N9O. The van der Waals surface area contributed by atoms with Crippen LogP contribution >= 0.6 is 0 Å². The summed E-state index contributed by atoms with van der Waals surface area (Å²) < 4.78 is 1.67. The highest BCUT2D eigenvalue weighted by Gasteiger charge is 2.14. The van der Waals surface area contributed by atoms with E-state index in [1.165, 1.54) is 12.5 Å². The quantitative estimate of drug-likeness (QED) is 0.439. The van der Waals surface area contributed by atoms with Crippen molar-refractivity contribution in [2.24, 2.45) is 4.99 Å². The van der Waals surface area contributed by atoms with E-state index in [9.17, 15) is 4.79 Å². The second-order valence-corrected chi connectivity index (χ2v) is 7.05. The average molecular weight is 439 g/mol. The zero-order valence-corrected chi connectivity index (χ0v) is 18.2. The minimum Gasteiger partial charge on any atom is -0.309 e. The lowest BCUT2D eigenvalue weighted by molar-refractivity contribution is -0.120. The second-order valence-electron chi connectivity index (χ2n) is 7.05. The van der Waals surface area contributed by atoms with Crippen LogP contribution in [0, 0.1) is 6.92 Å². The van der Waals surface area contributed by atoms with Crippen LogP contribution in [0.15, 0.2) is 73.0 Å². The normalized spacial score (nSPS) is 11.8. The molecule has 0 aliphatic carbocycles. The predicted molar refractivity (Wildman–Crippen MR) is 125 cm³/mol. The molecule has 0 aliphatic heterocycles. The number of pyridine rings is 1. The summed E-state index contributed by atoms with van der Waals surface area (Å²) in [5.41, 5.74) is 4.80. The Morgan fingerprint density at radius 1 is 1.18 bits per heavy atom. The summed E-state index contributed by atoms with van der Waals surface area (Å²) in [6, 6.07) is 3.80. The number of aromatic nitrogens is 7. The van der Waals surface area contributed by atoms with Crippen LogP contribution in [0.2, 0.25) is 0 Å². The first-order chi connectivity index (χ1) is 16.0.